The van der Waals surface area contributed by atoms with Gasteiger partial charge in [-0.3, -0.25) is 5.10 Å². The summed E-state index contributed by atoms with van der Waals surface area (Å²) in [7, 11) is 0. The Morgan fingerprint density at radius 1 is 1.16 bits per heavy atom. The Hall–Kier alpha value is -1.57. The molecule has 0 saturated heterocycles. The molecule has 2 aromatic rings. The molecule has 0 unspecified atom stereocenters. The molecule has 2 nitrogen and oxygen atoms in total. The number of rotatable bonds is 2. The molecule has 3 rings (SSSR count). The van der Waals surface area contributed by atoms with Gasteiger partial charge in [-0.2, -0.15) is 5.10 Å². The van der Waals surface area contributed by atoms with Gasteiger partial charge in [0.2, 0.25) is 0 Å². The molecule has 0 radical (unpaired) electrons. The highest BCUT2D eigenvalue weighted by atomic mass is 15.1. The van der Waals surface area contributed by atoms with Crippen LogP contribution in [0.3, 0.4) is 0 Å². The minimum Gasteiger partial charge on any atom is -0.281 e. The maximum atomic E-state index is 4.63. The third-order valence-corrected chi connectivity index (χ3v) is 4.46. The number of nitrogens with one attached hydrogen (secondary N) is 1. The van der Waals surface area contributed by atoms with E-state index in [9.17, 15) is 0 Å². The molecule has 0 aliphatic heterocycles. The molecule has 1 aromatic heterocycles. The van der Waals surface area contributed by atoms with Crippen LogP contribution in [0.5, 0.6) is 0 Å². The number of hydrogen-bond acceptors (Lipinski definition) is 1. The van der Waals surface area contributed by atoms with Crippen LogP contribution < -0.4 is 0 Å². The van der Waals surface area contributed by atoms with E-state index in [4.69, 9.17) is 0 Å². The van der Waals surface area contributed by atoms with Crippen LogP contribution in [-0.4, -0.2) is 10.2 Å². The molecule has 2 heteroatoms. The van der Waals surface area contributed by atoms with Crippen LogP contribution >= 0.6 is 0 Å². The van der Waals surface area contributed by atoms with Gasteiger partial charge in [0.25, 0.3) is 0 Å². The lowest BCUT2D eigenvalue weighted by molar-refractivity contribution is 0.403. The predicted octanol–water partition coefficient (Wildman–Crippen LogP) is 4.71. The SMILES string of the molecule is CC(C)[C@H]1CC[C@H](C)c2c(-c3ccccc3)n[nH]c21. The van der Waals surface area contributed by atoms with Crippen molar-refractivity contribution < 1.29 is 0 Å². The van der Waals surface area contributed by atoms with Crippen molar-refractivity contribution >= 4 is 0 Å². The zero-order valence-electron chi connectivity index (χ0n) is 12.0. The summed E-state index contributed by atoms with van der Waals surface area (Å²) in [6, 6.07) is 10.5. The largest absolute Gasteiger partial charge is 0.281 e. The summed E-state index contributed by atoms with van der Waals surface area (Å²) >= 11 is 0. The van der Waals surface area contributed by atoms with E-state index in [-0.39, 0.29) is 0 Å². The van der Waals surface area contributed by atoms with E-state index in [1.807, 2.05) is 0 Å². The third kappa shape index (κ3) is 2.09. The fourth-order valence-electron chi connectivity index (χ4n) is 3.35. The number of H-pyrrole nitrogens is 1. The van der Waals surface area contributed by atoms with Crippen LogP contribution in [0.4, 0.5) is 0 Å². The van der Waals surface area contributed by atoms with Crippen molar-refractivity contribution in [3.63, 3.8) is 0 Å². The fraction of sp³-hybridized carbons (Fsp3) is 0.471. The van der Waals surface area contributed by atoms with Crippen LogP contribution in [0.2, 0.25) is 0 Å². The van der Waals surface area contributed by atoms with Crippen LogP contribution in [0.1, 0.15) is 56.7 Å². The van der Waals surface area contributed by atoms with Crippen LogP contribution in [0, 0.1) is 5.92 Å². The van der Waals surface area contributed by atoms with Gasteiger partial charge in [0, 0.05) is 22.7 Å². The molecular weight excluding hydrogens is 232 g/mol. The molecule has 1 aromatic carbocycles. The van der Waals surface area contributed by atoms with E-state index in [0.29, 0.717) is 17.8 Å². The Morgan fingerprint density at radius 3 is 2.58 bits per heavy atom. The maximum Gasteiger partial charge on any atom is 0.0958 e. The zero-order chi connectivity index (χ0) is 13.4. The molecule has 0 bridgehead atoms. The summed E-state index contributed by atoms with van der Waals surface area (Å²) in [4.78, 5) is 0. The maximum absolute atomic E-state index is 4.63. The summed E-state index contributed by atoms with van der Waals surface area (Å²) in [6.07, 6.45) is 2.55. The number of nitrogens with zero attached hydrogens (tertiary/aromatic N) is 1. The highest BCUT2D eigenvalue weighted by molar-refractivity contribution is 5.65. The van der Waals surface area contributed by atoms with Gasteiger partial charge in [-0.05, 0) is 24.7 Å². The van der Waals surface area contributed by atoms with Crippen LogP contribution in [0.15, 0.2) is 30.3 Å². The van der Waals surface area contributed by atoms with Gasteiger partial charge >= 0.3 is 0 Å². The summed E-state index contributed by atoms with van der Waals surface area (Å²) in [5.74, 6) is 1.92. The molecule has 1 aliphatic carbocycles. The van der Waals surface area contributed by atoms with Gasteiger partial charge in [-0.25, -0.2) is 0 Å². The van der Waals surface area contributed by atoms with Gasteiger partial charge < -0.3 is 0 Å². The zero-order valence-corrected chi connectivity index (χ0v) is 12.0. The van der Waals surface area contributed by atoms with Gasteiger partial charge in [0.1, 0.15) is 0 Å². The Kier molecular flexibility index (Phi) is 3.17. The first-order chi connectivity index (χ1) is 9.18. The van der Waals surface area contributed by atoms with E-state index in [1.54, 1.807) is 0 Å². The van der Waals surface area contributed by atoms with E-state index in [1.165, 1.54) is 29.7 Å². The number of benzene rings is 1. The Morgan fingerprint density at radius 2 is 1.89 bits per heavy atom. The summed E-state index contributed by atoms with van der Waals surface area (Å²) < 4.78 is 0. The molecule has 0 saturated carbocycles. The lowest BCUT2D eigenvalue weighted by Gasteiger charge is -2.29. The molecule has 19 heavy (non-hydrogen) atoms. The van der Waals surface area contributed by atoms with E-state index < -0.39 is 0 Å². The van der Waals surface area contributed by atoms with Gasteiger partial charge in [-0.1, -0.05) is 51.1 Å². The first-order valence-electron chi connectivity index (χ1n) is 7.32. The average Bonchev–Trinajstić information content (AvgIpc) is 2.85. The molecule has 0 amide bonds. The minimum atomic E-state index is 0.610. The molecule has 0 fully saturated rings. The number of hydrogen-bond donors (Lipinski definition) is 1. The predicted molar refractivity (Wildman–Crippen MR) is 79.3 cm³/mol. The monoisotopic (exact) mass is 254 g/mol. The van der Waals surface area contributed by atoms with Crippen molar-refractivity contribution in [3.05, 3.63) is 41.6 Å². The Bertz CT molecular complexity index is 554. The Labute approximate surface area is 115 Å². The van der Waals surface area contributed by atoms with Crippen LogP contribution in [0.25, 0.3) is 11.3 Å². The third-order valence-electron chi connectivity index (χ3n) is 4.46. The molecule has 1 aliphatic rings. The topological polar surface area (TPSA) is 28.7 Å². The number of aromatic amines is 1. The van der Waals surface area contributed by atoms with Crippen LogP contribution in [-0.2, 0) is 0 Å². The minimum absolute atomic E-state index is 0.610. The van der Waals surface area contributed by atoms with Gasteiger partial charge in [0.05, 0.1) is 5.69 Å². The Balaban J connectivity index is 2.10. The summed E-state index contributed by atoms with van der Waals surface area (Å²) in [5.41, 5.74) is 5.23. The fourth-order valence-corrected chi connectivity index (χ4v) is 3.35. The second-order valence-electron chi connectivity index (χ2n) is 6.09. The molecule has 0 spiro atoms. The van der Waals surface area contributed by atoms with Crippen molar-refractivity contribution in [2.75, 3.05) is 0 Å². The first kappa shape index (κ1) is 12.5. The first-order valence-corrected chi connectivity index (χ1v) is 7.32. The summed E-state index contributed by atoms with van der Waals surface area (Å²) in [5, 5.41) is 7.96. The van der Waals surface area contributed by atoms with Crippen molar-refractivity contribution in [1.29, 1.82) is 0 Å². The van der Waals surface area contributed by atoms with Crippen molar-refractivity contribution in [2.24, 2.45) is 5.92 Å². The van der Waals surface area contributed by atoms with Gasteiger partial charge in [0.15, 0.2) is 0 Å². The lowest BCUT2D eigenvalue weighted by Crippen LogP contribution is -2.16. The highest BCUT2D eigenvalue weighted by Gasteiger charge is 2.31. The van der Waals surface area contributed by atoms with Crippen molar-refractivity contribution in [1.82, 2.24) is 10.2 Å². The van der Waals surface area contributed by atoms with E-state index in [0.717, 1.165) is 5.69 Å². The highest BCUT2D eigenvalue weighted by Crippen LogP contribution is 2.44. The van der Waals surface area contributed by atoms with E-state index in [2.05, 4.69) is 61.3 Å². The van der Waals surface area contributed by atoms with Crippen molar-refractivity contribution in [2.45, 2.75) is 45.4 Å². The standard InChI is InChI=1S/C17H22N2/c1-11(2)14-10-9-12(3)15-16(18-19-17(14)15)13-7-5-4-6-8-13/h4-8,11-12,14H,9-10H2,1-3H3,(H,18,19)/t12-,14+/m0/s1. The van der Waals surface area contributed by atoms with E-state index >= 15 is 0 Å². The van der Waals surface area contributed by atoms with Crippen molar-refractivity contribution in [3.8, 4) is 11.3 Å². The molecule has 100 valence electrons. The molecule has 1 N–H and O–H groups in total. The smallest absolute Gasteiger partial charge is 0.0958 e. The lowest BCUT2D eigenvalue weighted by atomic mass is 9.75. The average molecular weight is 254 g/mol. The summed E-state index contributed by atoms with van der Waals surface area (Å²) in [6.45, 7) is 6.96. The molecule has 2 atom stereocenters. The second kappa shape index (κ2) is 4.84. The van der Waals surface area contributed by atoms with Gasteiger partial charge in [-0.15, -0.1) is 0 Å². The second-order valence-corrected chi connectivity index (χ2v) is 6.09. The molecule has 1 heterocycles. The number of aromatic nitrogens is 2. The quantitative estimate of drug-likeness (QED) is 0.825. The normalized spacial score (nSPS) is 22.5. The molecular formula is C17H22N2. The number of fused-ring (bicyclic) bond motifs is 1.